The van der Waals surface area contributed by atoms with Crippen LogP contribution < -0.4 is 0 Å². The number of hydrogen-bond acceptors (Lipinski definition) is 3. The normalized spacial score (nSPS) is 17.6. The van der Waals surface area contributed by atoms with Crippen LogP contribution in [-0.2, 0) is 9.53 Å². The second kappa shape index (κ2) is 4.06. The molecule has 3 nitrogen and oxygen atoms in total. The van der Waals surface area contributed by atoms with Crippen molar-refractivity contribution < 1.29 is 13.9 Å². The third-order valence-electron chi connectivity index (χ3n) is 2.00. The summed E-state index contributed by atoms with van der Waals surface area (Å²) in [5.74, 6) is -0.751. The summed E-state index contributed by atoms with van der Waals surface area (Å²) in [4.78, 5) is 15.0. The predicted molar refractivity (Wildman–Crippen MR) is 58.4 cm³/mol. The Morgan fingerprint density at radius 1 is 1.44 bits per heavy atom. The van der Waals surface area contributed by atoms with Crippen LogP contribution in [0.3, 0.4) is 0 Å². The van der Waals surface area contributed by atoms with Gasteiger partial charge < -0.3 is 4.74 Å². The fraction of sp³-hybridized carbons (Fsp3) is 0.0909. The number of benzene rings is 1. The minimum atomic E-state index is -0.513. The highest BCUT2D eigenvalue weighted by Crippen LogP contribution is 2.23. The van der Waals surface area contributed by atoms with Crippen molar-refractivity contribution in [2.24, 2.45) is 4.99 Å². The molecule has 82 valence electrons. The molecule has 1 aromatic carbocycles. The van der Waals surface area contributed by atoms with Crippen molar-refractivity contribution in [2.45, 2.75) is 6.92 Å². The van der Waals surface area contributed by atoms with Gasteiger partial charge in [-0.15, -0.1) is 0 Å². The van der Waals surface area contributed by atoms with Gasteiger partial charge in [0.1, 0.15) is 5.82 Å². The molecule has 0 atom stereocenters. The summed E-state index contributed by atoms with van der Waals surface area (Å²) in [5, 5.41) is -0.0205. The molecule has 0 fully saturated rings. The van der Waals surface area contributed by atoms with Crippen molar-refractivity contribution in [1.29, 1.82) is 0 Å². The Morgan fingerprint density at radius 3 is 2.75 bits per heavy atom. The molecule has 5 heteroatoms. The van der Waals surface area contributed by atoms with Gasteiger partial charge in [-0.1, -0.05) is 11.6 Å². The first-order chi connectivity index (χ1) is 7.56. The zero-order valence-electron chi connectivity index (χ0n) is 8.33. The standard InChI is InChI=1S/C11H7ClFNO2/c1-6-4-10(15)16-11(6)14-7-2-3-9(13)8(12)5-7/h2-5H,1H3. The van der Waals surface area contributed by atoms with E-state index < -0.39 is 11.8 Å². The van der Waals surface area contributed by atoms with Crippen LogP contribution in [0, 0.1) is 5.82 Å². The fourth-order valence-electron chi connectivity index (χ4n) is 1.23. The van der Waals surface area contributed by atoms with Crippen LogP contribution in [0.1, 0.15) is 6.92 Å². The lowest BCUT2D eigenvalue weighted by molar-refractivity contribution is -0.129. The van der Waals surface area contributed by atoms with E-state index in [-0.39, 0.29) is 10.9 Å². The number of esters is 1. The maximum atomic E-state index is 12.9. The molecule has 0 amide bonds. The lowest BCUT2D eigenvalue weighted by Crippen LogP contribution is -2.00. The van der Waals surface area contributed by atoms with Gasteiger partial charge in [-0.2, -0.15) is 0 Å². The number of carbonyl (C=O) groups excluding carboxylic acids is 1. The SMILES string of the molecule is CC1=CC(=O)OC1=Nc1ccc(F)c(Cl)c1. The van der Waals surface area contributed by atoms with Gasteiger partial charge in [0.05, 0.1) is 10.7 Å². The minimum absolute atomic E-state index is 0.0205. The molecule has 1 aliphatic heterocycles. The lowest BCUT2D eigenvalue weighted by Gasteiger charge is -2.00. The number of carbonyl (C=O) groups is 1. The Kier molecular flexibility index (Phi) is 2.75. The average molecular weight is 240 g/mol. The summed E-state index contributed by atoms with van der Waals surface area (Å²) in [6, 6.07) is 4.02. The van der Waals surface area contributed by atoms with E-state index in [1.54, 1.807) is 6.92 Å². The number of cyclic esters (lactones) is 1. The van der Waals surface area contributed by atoms with Gasteiger partial charge in [-0.3, -0.25) is 0 Å². The molecule has 2 rings (SSSR count). The number of halogens is 2. The van der Waals surface area contributed by atoms with Gasteiger partial charge >= 0.3 is 5.97 Å². The molecule has 1 aliphatic rings. The van der Waals surface area contributed by atoms with Crippen molar-refractivity contribution >= 4 is 29.2 Å². The Balaban J connectivity index is 2.34. The first-order valence-electron chi connectivity index (χ1n) is 4.50. The first-order valence-corrected chi connectivity index (χ1v) is 4.88. The topological polar surface area (TPSA) is 38.7 Å². The molecule has 0 spiro atoms. The van der Waals surface area contributed by atoms with E-state index in [9.17, 15) is 9.18 Å². The van der Waals surface area contributed by atoms with Crippen molar-refractivity contribution in [3.8, 4) is 0 Å². The van der Waals surface area contributed by atoms with Crippen molar-refractivity contribution in [2.75, 3.05) is 0 Å². The van der Waals surface area contributed by atoms with Crippen LogP contribution in [0.15, 0.2) is 34.8 Å². The van der Waals surface area contributed by atoms with Crippen LogP contribution >= 0.6 is 11.6 Å². The van der Waals surface area contributed by atoms with Gasteiger partial charge in [0.2, 0.25) is 5.90 Å². The van der Waals surface area contributed by atoms with Gasteiger partial charge in [0.15, 0.2) is 0 Å². The summed E-state index contributed by atoms with van der Waals surface area (Å²) < 4.78 is 17.7. The van der Waals surface area contributed by atoms with Crippen molar-refractivity contribution in [3.63, 3.8) is 0 Å². The van der Waals surface area contributed by atoms with Gasteiger partial charge in [0.25, 0.3) is 0 Å². The Labute approximate surface area is 96.2 Å². The molecular weight excluding hydrogens is 233 g/mol. The maximum absolute atomic E-state index is 12.9. The summed E-state index contributed by atoms with van der Waals surface area (Å²) in [6.45, 7) is 1.70. The van der Waals surface area contributed by atoms with E-state index in [1.807, 2.05) is 0 Å². The summed E-state index contributed by atoms with van der Waals surface area (Å²) >= 11 is 5.60. The molecule has 16 heavy (non-hydrogen) atoms. The third-order valence-corrected chi connectivity index (χ3v) is 2.29. The third kappa shape index (κ3) is 2.12. The second-order valence-corrected chi connectivity index (χ2v) is 3.67. The van der Waals surface area contributed by atoms with E-state index in [1.165, 1.54) is 24.3 Å². The highest BCUT2D eigenvalue weighted by molar-refractivity contribution is 6.31. The predicted octanol–water partition coefficient (Wildman–Crippen LogP) is 3.01. The molecule has 0 radical (unpaired) electrons. The van der Waals surface area contributed by atoms with E-state index in [2.05, 4.69) is 4.99 Å². The highest BCUT2D eigenvalue weighted by Gasteiger charge is 2.17. The number of aliphatic imine (C=N–C) groups is 1. The van der Waals surface area contributed by atoms with E-state index in [0.717, 1.165) is 0 Å². The average Bonchev–Trinajstić information content (AvgIpc) is 2.51. The van der Waals surface area contributed by atoms with Crippen LogP contribution in [0.25, 0.3) is 0 Å². The van der Waals surface area contributed by atoms with Gasteiger partial charge in [0, 0.05) is 11.6 Å². The second-order valence-electron chi connectivity index (χ2n) is 3.26. The maximum Gasteiger partial charge on any atom is 0.337 e. The number of ether oxygens (including phenoxy) is 1. The summed E-state index contributed by atoms with van der Waals surface area (Å²) in [7, 11) is 0. The Bertz CT molecular complexity index is 523. The van der Waals surface area contributed by atoms with Crippen LogP contribution in [0.4, 0.5) is 10.1 Å². The molecule has 1 aromatic rings. The Hall–Kier alpha value is -1.68. The monoisotopic (exact) mass is 239 g/mol. The zero-order chi connectivity index (χ0) is 11.7. The largest absolute Gasteiger partial charge is 0.404 e. The molecule has 0 unspecified atom stereocenters. The van der Waals surface area contributed by atoms with Crippen LogP contribution in [0.2, 0.25) is 5.02 Å². The number of rotatable bonds is 1. The van der Waals surface area contributed by atoms with Gasteiger partial charge in [-0.25, -0.2) is 14.2 Å². The first kappa shape index (κ1) is 10.8. The van der Waals surface area contributed by atoms with Gasteiger partial charge in [-0.05, 0) is 25.1 Å². The van der Waals surface area contributed by atoms with E-state index in [0.29, 0.717) is 11.3 Å². The molecular formula is C11H7ClFNO2. The number of nitrogens with zero attached hydrogens (tertiary/aromatic N) is 1. The molecule has 0 aliphatic carbocycles. The molecule has 0 bridgehead atoms. The fourth-order valence-corrected chi connectivity index (χ4v) is 1.40. The molecule has 1 heterocycles. The molecule has 0 saturated heterocycles. The van der Waals surface area contributed by atoms with Crippen molar-refractivity contribution in [1.82, 2.24) is 0 Å². The van der Waals surface area contributed by atoms with Crippen LogP contribution in [0.5, 0.6) is 0 Å². The van der Waals surface area contributed by atoms with Crippen molar-refractivity contribution in [3.05, 3.63) is 40.7 Å². The quantitative estimate of drug-likeness (QED) is 0.707. The zero-order valence-corrected chi connectivity index (χ0v) is 9.08. The van der Waals surface area contributed by atoms with E-state index in [4.69, 9.17) is 16.3 Å². The molecule has 0 saturated carbocycles. The number of hydrogen-bond donors (Lipinski definition) is 0. The summed E-state index contributed by atoms with van der Waals surface area (Å²) in [6.07, 6.45) is 1.34. The lowest BCUT2D eigenvalue weighted by atomic mass is 10.3. The molecule has 0 N–H and O–H groups in total. The Morgan fingerprint density at radius 2 is 2.19 bits per heavy atom. The highest BCUT2D eigenvalue weighted by atomic mass is 35.5. The summed E-state index contributed by atoms with van der Waals surface area (Å²) in [5.41, 5.74) is 1.06. The molecule has 0 aromatic heterocycles. The van der Waals surface area contributed by atoms with Crippen LogP contribution in [-0.4, -0.2) is 11.9 Å². The minimum Gasteiger partial charge on any atom is -0.404 e. The van der Waals surface area contributed by atoms with E-state index >= 15 is 0 Å². The smallest absolute Gasteiger partial charge is 0.337 e.